The van der Waals surface area contributed by atoms with E-state index in [-0.39, 0.29) is 17.3 Å². The van der Waals surface area contributed by atoms with Gasteiger partial charge in [0.1, 0.15) is 0 Å². The summed E-state index contributed by atoms with van der Waals surface area (Å²) in [6.07, 6.45) is 1.30. The van der Waals surface area contributed by atoms with E-state index in [1.165, 1.54) is 4.31 Å². The van der Waals surface area contributed by atoms with E-state index in [9.17, 15) is 13.2 Å². The number of benzene rings is 2. The number of nitrogens with one attached hydrogen (secondary N) is 1. The SMILES string of the molecule is O=C(Nc1ccccc1Cl)C1CCCN(S(=O)(=O)c2ccccc2)C1. The Morgan fingerprint density at radius 1 is 1.08 bits per heavy atom. The van der Waals surface area contributed by atoms with Gasteiger partial charge in [0.2, 0.25) is 15.9 Å². The van der Waals surface area contributed by atoms with Crippen molar-refractivity contribution in [2.24, 2.45) is 5.92 Å². The number of hydrogen-bond donors (Lipinski definition) is 1. The van der Waals surface area contributed by atoms with Gasteiger partial charge in [0.25, 0.3) is 0 Å². The molecule has 1 N–H and O–H groups in total. The quantitative estimate of drug-likeness (QED) is 0.886. The van der Waals surface area contributed by atoms with Gasteiger partial charge in [-0.1, -0.05) is 41.9 Å². The largest absolute Gasteiger partial charge is 0.324 e. The predicted molar refractivity (Wildman–Crippen MR) is 98.0 cm³/mol. The molecule has 2 aromatic carbocycles. The minimum absolute atomic E-state index is 0.174. The summed E-state index contributed by atoms with van der Waals surface area (Å²) in [6, 6.07) is 15.3. The second kappa shape index (κ2) is 7.56. The maximum atomic E-state index is 12.7. The number of amides is 1. The normalized spacial score (nSPS) is 18.7. The number of anilines is 1. The van der Waals surface area contributed by atoms with E-state index in [0.717, 1.165) is 0 Å². The van der Waals surface area contributed by atoms with Crippen LogP contribution in [0.15, 0.2) is 59.5 Å². The van der Waals surface area contributed by atoms with Crippen molar-refractivity contribution in [3.05, 3.63) is 59.6 Å². The Morgan fingerprint density at radius 2 is 1.76 bits per heavy atom. The van der Waals surface area contributed by atoms with Crippen molar-refractivity contribution in [3.8, 4) is 0 Å². The predicted octanol–water partition coefficient (Wildman–Crippen LogP) is 3.38. The highest BCUT2D eigenvalue weighted by Gasteiger charge is 2.33. The van der Waals surface area contributed by atoms with Gasteiger partial charge < -0.3 is 5.32 Å². The lowest BCUT2D eigenvalue weighted by Crippen LogP contribution is -2.43. The van der Waals surface area contributed by atoms with Crippen molar-refractivity contribution in [2.75, 3.05) is 18.4 Å². The fourth-order valence-corrected chi connectivity index (χ4v) is 4.64. The van der Waals surface area contributed by atoms with E-state index in [2.05, 4.69) is 5.32 Å². The van der Waals surface area contributed by atoms with Crippen LogP contribution in [0.5, 0.6) is 0 Å². The second-order valence-electron chi connectivity index (χ2n) is 5.98. The van der Waals surface area contributed by atoms with E-state index in [1.807, 2.05) is 0 Å². The van der Waals surface area contributed by atoms with Gasteiger partial charge in [-0.3, -0.25) is 4.79 Å². The maximum absolute atomic E-state index is 12.7. The van der Waals surface area contributed by atoms with E-state index in [4.69, 9.17) is 11.6 Å². The molecule has 1 heterocycles. The number of sulfonamides is 1. The first-order valence-electron chi connectivity index (χ1n) is 8.09. The zero-order chi connectivity index (χ0) is 17.9. The van der Waals surface area contributed by atoms with Gasteiger partial charge in [-0.25, -0.2) is 8.42 Å². The highest BCUT2D eigenvalue weighted by molar-refractivity contribution is 7.89. The molecule has 132 valence electrons. The second-order valence-corrected chi connectivity index (χ2v) is 8.33. The van der Waals surface area contributed by atoms with Gasteiger partial charge in [0.05, 0.1) is 21.5 Å². The summed E-state index contributed by atoms with van der Waals surface area (Å²) in [7, 11) is -3.58. The number of rotatable bonds is 4. The fourth-order valence-electron chi connectivity index (χ4n) is 2.91. The number of piperidine rings is 1. The summed E-state index contributed by atoms with van der Waals surface area (Å²) in [5, 5.41) is 3.26. The summed E-state index contributed by atoms with van der Waals surface area (Å²) in [6.45, 7) is 0.598. The molecule has 1 unspecified atom stereocenters. The highest BCUT2D eigenvalue weighted by Crippen LogP contribution is 2.26. The highest BCUT2D eigenvalue weighted by atomic mass is 35.5. The maximum Gasteiger partial charge on any atom is 0.243 e. The van der Waals surface area contributed by atoms with Crippen LogP contribution in [-0.4, -0.2) is 31.7 Å². The Kier molecular flexibility index (Phi) is 5.42. The molecular weight excluding hydrogens is 360 g/mol. The summed E-state index contributed by atoms with van der Waals surface area (Å²) in [5.41, 5.74) is 0.539. The van der Waals surface area contributed by atoms with E-state index < -0.39 is 15.9 Å². The number of hydrogen-bond acceptors (Lipinski definition) is 3. The Morgan fingerprint density at radius 3 is 2.48 bits per heavy atom. The zero-order valence-corrected chi connectivity index (χ0v) is 15.1. The van der Waals surface area contributed by atoms with Gasteiger partial charge in [0.15, 0.2) is 0 Å². The molecule has 25 heavy (non-hydrogen) atoms. The van der Waals surface area contributed by atoms with Crippen LogP contribution in [0.4, 0.5) is 5.69 Å². The molecule has 0 bridgehead atoms. The molecule has 0 radical (unpaired) electrons. The van der Waals surface area contributed by atoms with Crippen LogP contribution < -0.4 is 5.32 Å². The van der Waals surface area contributed by atoms with Crippen LogP contribution in [0.3, 0.4) is 0 Å². The molecular formula is C18H19ClN2O3S. The number of halogens is 1. The van der Waals surface area contributed by atoms with Gasteiger partial charge >= 0.3 is 0 Å². The molecule has 1 fully saturated rings. The number of carbonyl (C=O) groups excluding carboxylic acids is 1. The lowest BCUT2D eigenvalue weighted by atomic mass is 9.99. The molecule has 1 aliphatic rings. The molecule has 3 rings (SSSR count). The number of nitrogens with zero attached hydrogens (tertiary/aromatic N) is 1. The number of para-hydroxylation sites is 1. The molecule has 1 amide bonds. The molecule has 1 saturated heterocycles. The average Bonchev–Trinajstić information content (AvgIpc) is 2.64. The number of carbonyl (C=O) groups is 1. The molecule has 1 atom stereocenters. The van der Waals surface area contributed by atoms with Crippen molar-refractivity contribution in [3.63, 3.8) is 0 Å². The first-order valence-corrected chi connectivity index (χ1v) is 9.91. The third-order valence-electron chi connectivity index (χ3n) is 4.27. The van der Waals surface area contributed by atoms with Gasteiger partial charge in [0, 0.05) is 13.1 Å². The van der Waals surface area contributed by atoms with Crippen molar-refractivity contribution in [1.82, 2.24) is 4.31 Å². The molecule has 0 aliphatic carbocycles. The van der Waals surface area contributed by atoms with E-state index in [1.54, 1.807) is 54.6 Å². The lowest BCUT2D eigenvalue weighted by molar-refractivity contribution is -0.120. The zero-order valence-electron chi connectivity index (χ0n) is 13.6. The molecule has 0 saturated carbocycles. The average molecular weight is 379 g/mol. The van der Waals surface area contributed by atoms with Crippen molar-refractivity contribution >= 4 is 33.2 Å². The smallest absolute Gasteiger partial charge is 0.243 e. The van der Waals surface area contributed by atoms with Gasteiger partial charge in [-0.2, -0.15) is 4.31 Å². The topological polar surface area (TPSA) is 66.5 Å². The van der Waals surface area contributed by atoms with Gasteiger partial charge in [-0.15, -0.1) is 0 Å². The summed E-state index contributed by atoms with van der Waals surface area (Å²) >= 11 is 6.07. The summed E-state index contributed by atoms with van der Waals surface area (Å²) < 4.78 is 26.9. The molecule has 5 nitrogen and oxygen atoms in total. The Bertz CT molecular complexity index is 856. The van der Waals surface area contributed by atoms with Gasteiger partial charge in [-0.05, 0) is 37.1 Å². The Balaban J connectivity index is 1.73. The third-order valence-corrected chi connectivity index (χ3v) is 6.48. The summed E-state index contributed by atoms with van der Waals surface area (Å²) in [5.74, 6) is -0.607. The molecule has 7 heteroatoms. The van der Waals surface area contributed by atoms with Crippen LogP contribution in [-0.2, 0) is 14.8 Å². The van der Waals surface area contributed by atoms with Crippen molar-refractivity contribution in [1.29, 1.82) is 0 Å². The lowest BCUT2D eigenvalue weighted by Gasteiger charge is -2.31. The molecule has 2 aromatic rings. The van der Waals surface area contributed by atoms with Crippen LogP contribution in [0.25, 0.3) is 0 Å². The van der Waals surface area contributed by atoms with Crippen molar-refractivity contribution < 1.29 is 13.2 Å². The van der Waals surface area contributed by atoms with Crippen molar-refractivity contribution in [2.45, 2.75) is 17.7 Å². The first kappa shape index (κ1) is 17.9. The Hall–Kier alpha value is -1.89. The van der Waals surface area contributed by atoms with Crippen LogP contribution >= 0.6 is 11.6 Å². The molecule has 0 spiro atoms. The van der Waals surface area contributed by atoms with Crippen LogP contribution in [0.2, 0.25) is 5.02 Å². The van der Waals surface area contributed by atoms with E-state index in [0.29, 0.717) is 30.1 Å². The first-order chi connectivity index (χ1) is 12.0. The van der Waals surface area contributed by atoms with E-state index >= 15 is 0 Å². The molecule has 1 aliphatic heterocycles. The minimum atomic E-state index is -3.58. The third kappa shape index (κ3) is 4.03. The van der Waals surface area contributed by atoms with Crippen LogP contribution in [0, 0.1) is 5.92 Å². The standard InChI is InChI=1S/C18H19ClN2O3S/c19-16-10-4-5-11-17(16)20-18(22)14-7-6-12-21(13-14)25(23,24)15-8-2-1-3-9-15/h1-5,8-11,14H,6-7,12-13H2,(H,20,22). The van der Waals surface area contributed by atoms with Crippen LogP contribution in [0.1, 0.15) is 12.8 Å². The summed E-state index contributed by atoms with van der Waals surface area (Å²) in [4.78, 5) is 12.8. The Labute approximate surface area is 152 Å². The monoisotopic (exact) mass is 378 g/mol. The molecule has 0 aromatic heterocycles. The fraction of sp³-hybridized carbons (Fsp3) is 0.278. The minimum Gasteiger partial charge on any atom is -0.324 e.